The molecular formula is C26H26Br2FN7O. The number of benzene rings is 2. The van der Waals surface area contributed by atoms with Gasteiger partial charge in [-0.3, -0.25) is 9.69 Å². The summed E-state index contributed by atoms with van der Waals surface area (Å²) in [5.41, 5.74) is 3.89. The number of carbonyl (C=O) groups is 1. The summed E-state index contributed by atoms with van der Waals surface area (Å²) in [5.74, 6) is -0.409. The number of halogens is 3. The standard InChI is InChI=1S/C26H26Br2FN7O/c1-16-4-6-20(7-5-16)36-24(11-25(28)31-36)26(37)33-12-17(2)34(18(3)13-33)14-19-15-35(32-30-19)21-8-9-22(27)23(29)10-21/h4-11,15,17-18H,12-14H2,1-3H3/t17-,18+. The molecule has 0 bridgehead atoms. The van der Waals surface area contributed by atoms with E-state index in [2.05, 4.69) is 66.0 Å². The maximum Gasteiger partial charge on any atom is 0.272 e. The molecule has 37 heavy (non-hydrogen) atoms. The quantitative estimate of drug-likeness (QED) is 0.305. The van der Waals surface area contributed by atoms with Gasteiger partial charge in [0.25, 0.3) is 5.91 Å². The number of hydrogen-bond donors (Lipinski definition) is 0. The highest BCUT2D eigenvalue weighted by Gasteiger charge is 2.34. The van der Waals surface area contributed by atoms with Crippen LogP contribution in [0.1, 0.15) is 35.6 Å². The smallest absolute Gasteiger partial charge is 0.272 e. The first-order valence-electron chi connectivity index (χ1n) is 11.9. The zero-order valence-corrected chi connectivity index (χ0v) is 23.8. The molecule has 2 aromatic heterocycles. The van der Waals surface area contributed by atoms with Crippen molar-refractivity contribution < 1.29 is 9.18 Å². The molecule has 2 atom stereocenters. The number of hydrogen-bond acceptors (Lipinski definition) is 5. The molecule has 5 rings (SSSR count). The van der Waals surface area contributed by atoms with Crippen LogP contribution in [0.25, 0.3) is 11.4 Å². The van der Waals surface area contributed by atoms with E-state index in [1.807, 2.05) is 42.3 Å². The van der Waals surface area contributed by atoms with E-state index in [0.717, 1.165) is 16.9 Å². The molecule has 0 spiro atoms. The van der Waals surface area contributed by atoms with Crippen LogP contribution in [0.2, 0.25) is 0 Å². The average molecular weight is 631 g/mol. The van der Waals surface area contributed by atoms with Gasteiger partial charge in [-0.1, -0.05) is 22.9 Å². The normalized spacial score (nSPS) is 18.4. The van der Waals surface area contributed by atoms with Crippen LogP contribution < -0.4 is 0 Å². The molecule has 0 aliphatic carbocycles. The fraction of sp³-hybridized carbons (Fsp3) is 0.308. The Labute approximate surface area is 231 Å². The number of piperazine rings is 1. The molecule has 1 fully saturated rings. The van der Waals surface area contributed by atoms with Crippen molar-refractivity contribution in [1.29, 1.82) is 0 Å². The van der Waals surface area contributed by atoms with Crippen LogP contribution in [-0.2, 0) is 6.54 Å². The van der Waals surface area contributed by atoms with Gasteiger partial charge in [-0.15, -0.1) is 5.10 Å². The molecule has 1 amide bonds. The van der Waals surface area contributed by atoms with Crippen LogP contribution in [0, 0.1) is 12.7 Å². The Morgan fingerprint density at radius 1 is 1.03 bits per heavy atom. The summed E-state index contributed by atoms with van der Waals surface area (Å²) in [6, 6.07) is 14.7. The van der Waals surface area contributed by atoms with E-state index in [-0.39, 0.29) is 23.8 Å². The predicted molar refractivity (Wildman–Crippen MR) is 145 cm³/mol. The van der Waals surface area contributed by atoms with Crippen LogP contribution in [0.4, 0.5) is 4.39 Å². The molecule has 0 saturated carbocycles. The molecular weight excluding hydrogens is 605 g/mol. The third-order valence-electron chi connectivity index (χ3n) is 6.62. The van der Waals surface area contributed by atoms with Crippen LogP contribution in [-0.4, -0.2) is 65.7 Å². The predicted octanol–water partition coefficient (Wildman–Crippen LogP) is 5.16. The Morgan fingerprint density at radius 3 is 2.38 bits per heavy atom. The summed E-state index contributed by atoms with van der Waals surface area (Å²) in [5, 5.41) is 13.0. The SMILES string of the molecule is Cc1ccc(-n2nc(Br)cc2C(=O)N2C[C@@H](C)N(Cc3cn(-c4ccc(Br)c(F)c4)nn3)[C@@H](C)C2)cc1. The van der Waals surface area contributed by atoms with E-state index < -0.39 is 0 Å². The van der Waals surface area contributed by atoms with Gasteiger partial charge in [0.05, 0.1) is 27.7 Å². The summed E-state index contributed by atoms with van der Waals surface area (Å²) in [7, 11) is 0. The zero-order chi connectivity index (χ0) is 26.3. The Kier molecular flexibility index (Phi) is 7.28. The van der Waals surface area contributed by atoms with Gasteiger partial charge in [0.2, 0.25) is 0 Å². The van der Waals surface area contributed by atoms with E-state index in [4.69, 9.17) is 0 Å². The number of nitrogens with zero attached hydrogens (tertiary/aromatic N) is 7. The van der Waals surface area contributed by atoms with Gasteiger partial charge >= 0.3 is 0 Å². The molecule has 1 aliphatic rings. The lowest BCUT2D eigenvalue weighted by Crippen LogP contribution is -2.57. The third-order valence-corrected chi connectivity index (χ3v) is 7.65. The lowest BCUT2D eigenvalue weighted by atomic mass is 10.1. The van der Waals surface area contributed by atoms with E-state index in [1.165, 1.54) is 6.07 Å². The van der Waals surface area contributed by atoms with Gasteiger partial charge in [0.15, 0.2) is 0 Å². The molecule has 2 aromatic carbocycles. The minimum atomic E-state index is -0.353. The molecule has 3 heterocycles. The second kappa shape index (κ2) is 10.5. The highest BCUT2D eigenvalue weighted by Crippen LogP contribution is 2.24. The number of amides is 1. The van der Waals surface area contributed by atoms with E-state index >= 15 is 0 Å². The summed E-state index contributed by atoms with van der Waals surface area (Å²) >= 11 is 6.61. The van der Waals surface area contributed by atoms with Crippen molar-refractivity contribution in [3.8, 4) is 11.4 Å². The van der Waals surface area contributed by atoms with Gasteiger partial charge in [-0.25, -0.2) is 13.8 Å². The fourth-order valence-corrected chi connectivity index (χ4v) is 5.32. The van der Waals surface area contributed by atoms with Crippen molar-refractivity contribution in [3.05, 3.63) is 86.6 Å². The fourth-order valence-electron chi connectivity index (χ4n) is 4.70. The summed E-state index contributed by atoms with van der Waals surface area (Å²) < 4.78 is 18.2. The topological polar surface area (TPSA) is 72.1 Å². The van der Waals surface area contributed by atoms with Crippen molar-refractivity contribution in [2.24, 2.45) is 0 Å². The Hall–Kier alpha value is -2.89. The molecule has 1 saturated heterocycles. The first-order chi connectivity index (χ1) is 17.7. The Balaban J connectivity index is 1.29. The largest absolute Gasteiger partial charge is 0.334 e. The summed E-state index contributed by atoms with van der Waals surface area (Å²) in [4.78, 5) is 17.8. The average Bonchev–Trinajstić information content (AvgIpc) is 3.50. The number of rotatable bonds is 5. The number of carbonyl (C=O) groups excluding carboxylic acids is 1. The molecule has 0 unspecified atom stereocenters. The van der Waals surface area contributed by atoms with E-state index in [9.17, 15) is 9.18 Å². The van der Waals surface area contributed by atoms with Crippen LogP contribution in [0.15, 0.2) is 63.8 Å². The molecule has 0 radical (unpaired) electrons. The highest BCUT2D eigenvalue weighted by molar-refractivity contribution is 9.10. The van der Waals surface area contributed by atoms with E-state index in [1.54, 1.807) is 27.6 Å². The minimum Gasteiger partial charge on any atom is -0.334 e. The third kappa shape index (κ3) is 5.39. The van der Waals surface area contributed by atoms with Gasteiger partial charge in [-0.05, 0) is 76.9 Å². The first-order valence-corrected chi connectivity index (χ1v) is 13.5. The monoisotopic (exact) mass is 629 g/mol. The molecule has 0 N–H and O–H groups in total. The molecule has 192 valence electrons. The van der Waals surface area contributed by atoms with Crippen molar-refractivity contribution >= 4 is 37.8 Å². The lowest BCUT2D eigenvalue weighted by Gasteiger charge is -2.44. The highest BCUT2D eigenvalue weighted by atomic mass is 79.9. The second-order valence-corrected chi connectivity index (χ2v) is 11.1. The minimum absolute atomic E-state index is 0.0552. The summed E-state index contributed by atoms with van der Waals surface area (Å²) in [6.45, 7) is 7.97. The number of aromatic nitrogens is 5. The van der Waals surface area contributed by atoms with Crippen molar-refractivity contribution in [2.45, 2.75) is 39.4 Å². The lowest BCUT2D eigenvalue weighted by molar-refractivity contribution is 0.0258. The van der Waals surface area contributed by atoms with Crippen LogP contribution in [0.5, 0.6) is 0 Å². The maximum atomic E-state index is 14.0. The maximum absolute atomic E-state index is 14.0. The van der Waals surface area contributed by atoms with Crippen molar-refractivity contribution in [3.63, 3.8) is 0 Å². The molecule has 11 heteroatoms. The van der Waals surface area contributed by atoms with Gasteiger partial charge in [-0.2, -0.15) is 5.10 Å². The summed E-state index contributed by atoms with van der Waals surface area (Å²) in [6.07, 6.45) is 1.82. The zero-order valence-electron chi connectivity index (χ0n) is 20.6. The van der Waals surface area contributed by atoms with Gasteiger partial charge < -0.3 is 4.90 Å². The van der Waals surface area contributed by atoms with Crippen molar-refractivity contribution in [1.82, 2.24) is 34.6 Å². The molecule has 4 aromatic rings. The van der Waals surface area contributed by atoms with Crippen LogP contribution >= 0.6 is 31.9 Å². The second-order valence-electron chi connectivity index (χ2n) is 9.43. The first kappa shape index (κ1) is 25.7. The Bertz CT molecular complexity index is 1420. The molecule has 8 nitrogen and oxygen atoms in total. The van der Waals surface area contributed by atoms with Gasteiger partial charge in [0, 0.05) is 43.9 Å². The van der Waals surface area contributed by atoms with E-state index in [0.29, 0.717) is 40.1 Å². The van der Waals surface area contributed by atoms with Crippen LogP contribution in [0.3, 0.4) is 0 Å². The number of aryl methyl sites for hydroxylation is 1. The van der Waals surface area contributed by atoms with Gasteiger partial charge in [0.1, 0.15) is 16.1 Å². The molecule has 1 aliphatic heterocycles. The van der Waals surface area contributed by atoms with Crippen molar-refractivity contribution in [2.75, 3.05) is 13.1 Å². The Morgan fingerprint density at radius 2 is 1.70 bits per heavy atom.